The third kappa shape index (κ3) is 36.5. The number of primary amides is 3. The summed E-state index contributed by atoms with van der Waals surface area (Å²) >= 11 is 0. The first kappa shape index (κ1) is 119. The van der Waals surface area contributed by atoms with Crippen molar-refractivity contribution in [3.63, 3.8) is 0 Å². The molecule has 2 heterocycles. The van der Waals surface area contributed by atoms with Crippen LogP contribution < -0.4 is 113 Å². The predicted molar refractivity (Wildman–Crippen MR) is 491 cm³/mol. The van der Waals surface area contributed by atoms with Crippen LogP contribution in [0.25, 0.3) is 0 Å². The van der Waals surface area contributed by atoms with Gasteiger partial charge < -0.3 is 128 Å². The second-order valence-electron chi connectivity index (χ2n) is 40.3. The van der Waals surface area contributed by atoms with Crippen LogP contribution in [0.2, 0.25) is 0 Å². The summed E-state index contributed by atoms with van der Waals surface area (Å²) in [6.45, 7) is 37.0. The molecule has 2 aliphatic heterocycles. The Morgan fingerprint density at radius 3 is 1.14 bits per heavy atom. The number of nitrogens with two attached hydrogens (primary N) is 3. The molecule has 0 aromatic carbocycles. The summed E-state index contributed by atoms with van der Waals surface area (Å²) in [5, 5.41) is 55.6. The Bertz CT molecular complexity index is 4420. The first-order valence-electron chi connectivity index (χ1n) is 45.2. The number of amides is 23. The summed E-state index contributed by atoms with van der Waals surface area (Å²) in [7, 11) is 0. The van der Waals surface area contributed by atoms with E-state index in [1.807, 2.05) is 13.8 Å². The molecular weight excluding hydrogens is 1760 g/mol. The average molecular weight is 1920 g/mol. The quantitative estimate of drug-likeness (QED) is 0.0270. The lowest BCUT2D eigenvalue weighted by Gasteiger charge is -2.36. The fraction of sp³-hybridized carbons (Fsp3) is 0.739. The summed E-state index contributed by atoms with van der Waals surface area (Å²) in [5.41, 5.74) is 0.384. The Balaban J connectivity index is 2.15. The Morgan fingerprint density at radius 2 is 0.704 bits per heavy atom. The van der Waals surface area contributed by atoms with E-state index in [1.165, 1.54) is 155 Å². The maximum Gasteiger partial charge on any atom is 0.248 e. The van der Waals surface area contributed by atoms with Crippen LogP contribution in [0.4, 0.5) is 0 Å². The molecule has 0 aromatic rings. The molecule has 2 aliphatic rings. The third-order valence-corrected chi connectivity index (χ3v) is 22.8. The predicted octanol–water partition coefficient (Wildman–Crippen LogP) is -5.39. The van der Waals surface area contributed by atoms with Gasteiger partial charge in [-0.15, -0.1) is 0 Å². The van der Waals surface area contributed by atoms with Crippen molar-refractivity contribution in [1.29, 1.82) is 0 Å². The fourth-order valence-electron chi connectivity index (χ4n) is 14.2. The van der Waals surface area contributed by atoms with Gasteiger partial charge in [-0.25, -0.2) is 0 Å². The number of hydrogen-bond donors (Lipinski definition) is 22. The van der Waals surface area contributed by atoms with Crippen molar-refractivity contribution in [2.45, 2.75) is 374 Å². The summed E-state index contributed by atoms with van der Waals surface area (Å²) in [6, 6.07) is -13.0. The van der Waals surface area contributed by atoms with Crippen molar-refractivity contribution >= 4 is 136 Å². The van der Waals surface area contributed by atoms with E-state index in [1.54, 1.807) is 27.7 Å². The van der Waals surface area contributed by atoms with E-state index in [9.17, 15) is 115 Å². The van der Waals surface area contributed by atoms with Gasteiger partial charge in [0.05, 0.1) is 19.2 Å². The van der Waals surface area contributed by atoms with Crippen molar-refractivity contribution in [2.24, 2.45) is 35.0 Å². The molecule has 2 saturated heterocycles. The van der Waals surface area contributed by atoms with Gasteiger partial charge in [-0.05, 0) is 208 Å². The minimum atomic E-state index is -1.91. The Hall–Kier alpha value is -12.2. The van der Waals surface area contributed by atoms with Crippen molar-refractivity contribution in [1.82, 2.24) is 106 Å². The van der Waals surface area contributed by atoms with Crippen LogP contribution >= 0.6 is 0 Å². The Labute approximate surface area is 788 Å². The van der Waals surface area contributed by atoms with Crippen LogP contribution in [0, 0.1) is 17.8 Å². The van der Waals surface area contributed by atoms with E-state index in [-0.39, 0.29) is 57.5 Å². The monoisotopic (exact) mass is 1910 g/mol. The maximum absolute atomic E-state index is 14.5. The maximum atomic E-state index is 14.5. The normalized spacial score (nSPS) is 16.4. The molecule has 11 atom stereocenters. The highest BCUT2D eigenvalue weighted by atomic mass is 16.3. The zero-order chi connectivity index (χ0) is 104. The molecule has 47 heteroatoms. The zero-order valence-corrected chi connectivity index (χ0v) is 83.3. The van der Waals surface area contributed by atoms with Gasteiger partial charge in [0.2, 0.25) is 136 Å². The number of nitrogens with one attached hydrogen (secondary N) is 18. The molecule has 0 aromatic heterocycles. The number of carbonyl (C=O) groups excluding carboxylic acids is 23. The minimum Gasteiger partial charge on any atom is -0.394 e. The molecule has 0 saturated carbocycles. The molecular formula is C88H151N23O24. The van der Waals surface area contributed by atoms with Gasteiger partial charge in [0.25, 0.3) is 0 Å². The molecule has 47 nitrogen and oxygen atoms in total. The van der Waals surface area contributed by atoms with Crippen molar-refractivity contribution < 1.29 is 115 Å². The SMILES string of the molecule is CC[C@H](C)[C@H](NC(=O)C(C)(C)NC(=O)[C@H](CCC(N)=O)NC(=O)[C@H](C)NC(=O)C(C)(C)NC(=O)[C@H](C)NC(=O)C(C)(C)NC(=O)[C@@H]1CCCN1C(=O)C(C)(C)NC(C)=O)C(=O)NC(C)(C)C(=O)NCC(=O)NC(C)(C)C(=O)NC(C)(C)C(=O)N1CCC[C@H]1C(=O)N[C@H](C(=O)NC(C)(C)C(=O)NC(C)(C)C(=O)N[C@@H](CCC(N)=O)C(=O)N[C@@H](CCC(N)=O)C(=O)N[C@H](CO)CC(C)C)C(C)C. The van der Waals surface area contributed by atoms with E-state index in [0.29, 0.717) is 19.3 Å². The Morgan fingerprint density at radius 1 is 0.356 bits per heavy atom. The highest BCUT2D eigenvalue weighted by Gasteiger charge is 2.49. The second-order valence-corrected chi connectivity index (χ2v) is 40.3. The van der Waals surface area contributed by atoms with Crippen LogP contribution in [0.5, 0.6) is 0 Å². The lowest BCUT2D eigenvalue weighted by Crippen LogP contribution is -2.66. The number of rotatable bonds is 52. The fourth-order valence-corrected chi connectivity index (χ4v) is 14.2. The van der Waals surface area contributed by atoms with Crippen LogP contribution in [-0.4, -0.2) is 287 Å². The lowest BCUT2D eigenvalue weighted by molar-refractivity contribution is -0.146. The van der Waals surface area contributed by atoms with Crippen molar-refractivity contribution in [3.8, 4) is 0 Å². The lowest BCUT2D eigenvalue weighted by atomic mass is 9.94. The molecule has 0 unspecified atom stereocenters. The number of aliphatic hydroxyl groups is 1. The van der Waals surface area contributed by atoms with Gasteiger partial charge >= 0.3 is 0 Å². The van der Waals surface area contributed by atoms with E-state index >= 15 is 0 Å². The van der Waals surface area contributed by atoms with Crippen molar-refractivity contribution in [2.75, 3.05) is 26.2 Å². The van der Waals surface area contributed by atoms with E-state index < -0.39 is 290 Å². The van der Waals surface area contributed by atoms with E-state index in [4.69, 9.17) is 17.2 Å². The standard InChI is InChI=1S/C88H151N23O24/c1-28-46(6)61(100-75(131)83(16,17)104-66(122)53(35-38-58(91)116)96-62(118)47(7)93-72(128)81(12,13)103-63(119)48(8)94-73(129)82(14,15)105-68(124)55-32-30-40-111(55)78(134)87(24,25)101-49(9)113)70(126)107-80(10,11)71(127)92-42-59(117)102-85(20,21)76(132)109-88(26,27)79(135)110-39-29-31-54(110)67(123)99-60(45(4)5)69(125)106-86(22,23)77(133)108-84(18,19)74(130)98-52(34-37-57(90)115)65(121)97-51(33-36-56(89)114)64(120)95-50(43-112)41-44(2)3/h44-48,50-55,60-61,112H,28-43H2,1-27H3,(H2,89,114)(H2,90,115)(H2,91,116)(H,92,127)(H,93,128)(H,94,129)(H,95,120)(H,96,118)(H,97,121)(H,98,130)(H,99,123)(H,100,131)(H,101,113)(H,102,117)(H,103,119)(H,104,122)(H,105,124)(H,106,125)(H,107,126)(H,108,133)(H,109,132)/t46-,47-,48-,50-,51-,52-,53-,54-,55-,60-,61-/m0/s1. The summed E-state index contributed by atoms with van der Waals surface area (Å²) in [6.07, 6.45) is -0.543. The molecule has 0 spiro atoms. The van der Waals surface area contributed by atoms with Gasteiger partial charge in [-0.2, -0.15) is 0 Å². The number of likely N-dealkylation sites (tertiary alicyclic amines) is 2. The molecule has 0 radical (unpaired) electrons. The molecule has 0 aliphatic carbocycles. The van der Waals surface area contributed by atoms with E-state index in [0.717, 1.165) is 0 Å². The molecule has 762 valence electrons. The van der Waals surface area contributed by atoms with Crippen LogP contribution in [-0.2, 0) is 110 Å². The average Bonchev–Trinajstić information content (AvgIpc) is 1.71. The van der Waals surface area contributed by atoms with Crippen molar-refractivity contribution in [3.05, 3.63) is 0 Å². The van der Waals surface area contributed by atoms with Gasteiger partial charge in [0, 0.05) is 39.3 Å². The number of aliphatic hydroxyl groups excluding tert-OH is 1. The number of nitrogens with zero attached hydrogens (tertiary/aromatic N) is 2. The number of hydrogen-bond acceptors (Lipinski definition) is 24. The van der Waals surface area contributed by atoms with Gasteiger partial charge in [-0.1, -0.05) is 48.0 Å². The van der Waals surface area contributed by atoms with Crippen LogP contribution in [0.15, 0.2) is 0 Å². The Kier molecular flexibility index (Phi) is 43.4. The van der Waals surface area contributed by atoms with E-state index in [2.05, 4.69) is 95.7 Å². The third-order valence-electron chi connectivity index (χ3n) is 22.8. The smallest absolute Gasteiger partial charge is 0.248 e. The summed E-state index contributed by atoms with van der Waals surface area (Å²) < 4.78 is 0. The minimum absolute atomic E-state index is 0.0258. The highest BCUT2D eigenvalue weighted by molar-refractivity contribution is 6.05. The molecule has 23 amide bonds. The van der Waals surface area contributed by atoms with Gasteiger partial charge in [0.15, 0.2) is 0 Å². The molecule has 2 rings (SSSR count). The second kappa shape index (κ2) is 49.3. The first-order chi connectivity index (χ1) is 61.6. The topological polar surface area (TPSA) is 714 Å². The summed E-state index contributed by atoms with van der Waals surface area (Å²) in [4.78, 5) is 314. The van der Waals surface area contributed by atoms with Gasteiger partial charge in [-0.3, -0.25) is 110 Å². The highest BCUT2D eigenvalue weighted by Crippen LogP contribution is 2.27. The number of carbonyl (C=O) groups is 23. The largest absolute Gasteiger partial charge is 0.394 e. The molecule has 25 N–H and O–H groups in total. The van der Waals surface area contributed by atoms with Crippen LogP contribution in [0.1, 0.15) is 264 Å². The first-order valence-corrected chi connectivity index (χ1v) is 45.2. The zero-order valence-electron chi connectivity index (χ0n) is 83.3. The molecule has 2 fully saturated rings. The molecule has 0 bridgehead atoms. The van der Waals surface area contributed by atoms with Gasteiger partial charge in [0.1, 0.15) is 104 Å². The summed E-state index contributed by atoms with van der Waals surface area (Å²) in [5.74, 6) is -20.6. The molecule has 135 heavy (non-hydrogen) atoms. The van der Waals surface area contributed by atoms with Crippen LogP contribution in [0.3, 0.4) is 0 Å².